The third-order valence-corrected chi connectivity index (χ3v) is 3.58. The van der Waals surface area contributed by atoms with Crippen molar-refractivity contribution >= 4 is 12.0 Å². The topological polar surface area (TPSA) is 89.9 Å². The number of aliphatic hydroxyl groups excluding tert-OH is 1. The van der Waals surface area contributed by atoms with Crippen LogP contribution in [-0.4, -0.2) is 51.8 Å². The van der Waals surface area contributed by atoms with Gasteiger partial charge < -0.3 is 20.4 Å². The summed E-state index contributed by atoms with van der Waals surface area (Å²) in [5.74, 6) is -0.351. The number of amides is 2. The fourth-order valence-electron chi connectivity index (χ4n) is 2.48. The Labute approximate surface area is 106 Å². The number of carbonyl (C=O) groups excluding carboxylic acids is 1. The number of carboxylic acids is 1. The summed E-state index contributed by atoms with van der Waals surface area (Å²) < 4.78 is 0. The quantitative estimate of drug-likeness (QED) is 0.679. The predicted octanol–water partition coefficient (Wildman–Crippen LogP) is 0.404. The fraction of sp³-hybridized carbons (Fsp3) is 0.833. The van der Waals surface area contributed by atoms with Gasteiger partial charge in [0.15, 0.2) is 0 Å². The zero-order valence-corrected chi connectivity index (χ0v) is 10.5. The van der Waals surface area contributed by atoms with Crippen LogP contribution in [0.5, 0.6) is 0 Å². The number of nitrogens with one attached hydrogen (secondary N) is 1. The van der Waals surface area contributed by atoms with Gasteiger partial charge in [-0.1, -0.05) is 12.8 Å². The predicted molar refractivity (Wildman–Crippen MR) is 64.1 cm³/mol. The van der Waals surface area contributed by atoms with Gasteiger partial charge in [0.2, 0.25) is 0 Å². The first-order valence-corrected chi connectivity index (χ1v) is 6.45. The number of aliphatic hydroxyl groups is 1. The summed E-state index contributed by atoms with van der Waals surface area (Å²) in [6, 6.07) is -1.24. The number of carboxylic acid groups (broad SMARTS) is 1. The average molecular weight is 256 g/mol. The smallest absolute Gasteiger partial charge is 0.326 e. The molecule has 2 amide bonds. The molecule has 18 heavy (non-hydrogen) atoms. The van der Waals surface area contributed by atoms with Gasteiger partial charge in [-0.3, -0.25) is 0 Å². The van der Waals surface area contributed by atoms with Gasteiger partial charge in [-0.15, -0.1) is 0 Å². The fourth-order valence-corrected chi connectivity index (χ4v) is 2.48. The van der Waals surface area contributed by atoms with E-state index in [1.807, 2.05) is 6.92 Å². The molecule has 2 rings (SSSR count). The van der Waals surface area contributed by atoms with Crippen molar-refractivity contribution in [3.8, 4) is 0 Å². The summed E-state index contributed by atoms with van der Waals surface area (Å²) >= 11 is 0. The maximum atomic E-state index is 12.0. The molecule has 3 atom stereocenters. The molecule has 6 heteroatoms. The number of nitrogens with zero attached hydrogens (tertiary/aromatic N) is 1. The van der Waals surface area contributed by atoms with Crippen LogP contribution in [0.25, 0.3) is 0 Å². The van der Waals surface area contributed by atoms with Crippen LogP contribution < -0.4 is 5.32 Å². The third kappa shape index (κ3) is 3.13. The lowest BCUT2D eigenvalue weighted by molar-refractivity contribution is -0.141. The van der Waals surface area contributed by atoms with E-state index >= 15 is 0 Å². The Balaban J connectivity index is 1.88. The molecule has 0 aromatic heterocycles. The highest BCUT2D eigenvalue weighted by molar-refractivity contribution is 5.83. The van der Waals surface area contributed by atoms with E-state index in [2.05, 4.69) is 5.32 Å². The van der Waals surface area contributed by atoms with Gasteiger partial charge in [0, 0.05) is 19.0 Å². The van der Waals surface area contributed by atoms with Crippen molar-refractivity contribution in [3.05, 3.63) is 0 Å². The molecule has 0 radical (unpaired) electrons. The first-order valence-electron chi connectivity index (χ1n) is 6.45. The molecule has 1 saturated heterocycles. The molecule has 0 spiro atoms. The number of hydrogen-bond donors (Lipinski definition) is 3. The second kappa shape index (κ2) is 5.14. The van der Waals surface area contributed by atoms with E-state index in [4.69, 9.17) is 5.11 Å². The van der Waals surface area contributed by atoms with Crippen LogP contribution in [-0.2, 0) is 4.79 Å². The van der Waals surface area contributed by atoms with Crippen LogP contribution in [0, 0.1) is 5.92 Å². The Morgan fingerprint density at radius 3 is 2.67 bits per heavy atom. The van der Waals surface area contributed by atoms with E-state index in [0.717, 1.165) is 6.42 Å². The second-order valence-corrected chi connectivity index (χ2v) is 5.43. The van der Waals surface area contributed by atoms with E-state index in [0.29, 0.717) is 5.92 Å². The van der Waals surface area contributed by atoms with E-state index in [9.17, 15) is 14.7 Å². The minimum Gasteiger partial charge on any atom is -0.480 e. The molecular weight excluding hydrogens is 236 g/mol. The van der Waals surface area contributed by atoms with Crippen molar-refractivity contribution in [3.63, 3.8) is 0 Å². The number of carbonyl (C=O) groups is 2. The standard InChI is InChI=1S/C12H20N2O4/c1-7(4-8-2-3-8)13-12(18)14-6-9(15)5-10(14)11(16)17/h7-10,15H,2-6H2,1H3,(H,13,18)(H,16,17). The molecule has 0 aromatic carbocycles. The van der Waals surface area contributed by atoms with Crippen molar-refractivity contribution in [1.29, 1.82) is 0 Å². The molecule has 1 aliphatic carbocycles. The first kappa shape index (κ1) is 13.1. The summed E-state index contributed by atoms with van der Waals surface area (Å²) in [7, 11) is 0. The Kier molecular flexibility index (Phi) is 3.75. The van der Waals surface area contributed by atoms with Crippen LogP contribution in [0.1, 0.15) is 32.6 Å². The number of rotatable bonds is 4. The molecule has 2 aliphatic rings. The Bertz CT molecular complexity index is 343. The van der Waals surface area contributed by atoms with Crippen LogP contribution in [0.4, 0.5) is 4.79 Å². The van der Waals surface area contributed by atoms with Crippen LogP contribution in [0.15, 0.2) is 0 Å². The lowest BCUT2D eigenvalue weighted by Crippen LogP contribution is -2.48. The molecule has 1 heterocycles. The van der Waals surface area contributed by atoms with Gasteiger partial charge in [-0.05, 0) is 19.3 Å². The molecule has 0 aromatic rings. The lowest BCUT2D eigenvalue weighted by Gasteiger charge is -2.24. The van der Waals surface area contributed by atoms with Crippen molar-refractivity contribution in [2.75, 3.05) is 6.54 Å². The molecule has 1 saturated carbocycles. The Hall–Kier alpha value is -1.30. The zero-order valence-electron chi connectivity index (χ0n) is 10.5. The highest BCUT2D eigenvalue weighted by Crippen LogP contribution is 2.33. The van der Waals surface area contributed by atoms with Gasteiger partial charge >= 0.3 is 12.0 Å². The summed E-state index contributed by atoms with van der Waals surface area (Å²) in [5, 5.41) is 21.3. The molecule has 3 unspecified atom stereocenters. The minimum absolute atomic E-state index is 0.0530. The number of hydrogen-bond acceptors (Lipinski definition) is 3. The summed E-state index contributed by atoms with van der Waals surface area (Å²) in [6.45, 7) is 2.03. The number of aliphatic carboxylic acids is 1. The largest absolute Gasteiger partial charge is 0.480 e. The van der Waals surface area contributed by atoms with Crippen molar-refractivity contribution in [2.45, 2.75) is 50.8 Å². The van der Waals surface area contributed by atoms with Gasteiger partial charge in [0.25, 0.3) is 0 Å². The maximum absolute atomic E-state index is 12.0. The molecule has 0 bridgehead atoms. The van der Waals surface area contributed by atoms with Gasteiger partial charge in [-0.2, -0.15) is 0 Å². The monoisotopic (exact) mass is 256 g/mol. The van der Waals surface area contributed by atoms with Crippen LogP contribution >= 0.6 is 0 Å². The average Bonchev–Trinajstić information content (AvgIpc) is 2.97. The minimum atomic E-state index is -1.06. The van der Waals surface area contributed by atoms with Crippen molar-refractivity contribution in [1.82, 2.24) is 10.2 Å². The van der Waals surface area contributed by atoms with Crippen molar-refractivity contribution in [2.24, 2.45) is 5.92 Å². The van der Waals surface area contributed by atoms with E-state index in [-0.39, 0.29) is 25.0 Å². The highest BCUT2D eigenvalue weighted by Gasteiger charge is 2.39. The van der Waals surface area contributed by atoms with E-state index in [1.165, 1.54) is 17.7 Å². The number of urea groups is 1. The highest BCUT2D eigenvalue weighted by atomic mass is 16.4. The summed E-state index contributed by atoms with van der Waals surface area (Å²) in [6.07, 6.45) is 2.76. The third-order valence-electron chi connectivity index (χ3n) is 3.58. The van der Waals surface area contributed by atoms with Crippen molar-refractivity contribution < 1.29 is 19.8 Å². The molecular formula is C12H20N2O4. The van der Waals surface area contributed by atoms with Gasteiger partial charge in [-0.25, -0.2) is 9.59 Å². The number of β-amino-alcohol motifs (C(OH)–C–C–N with tert-alkyl or cyclic N) is 1. The SMILES string of the molecule is CC(CC1CC1)NC(=O)N1CC(O)CC1C(=O)O. The molecule has 6 nitrogen and oxygen atoms in total. The van der Waals surface area contributed by atoms with E-state index in [1.54, 1.807) is 0 Å². The first-order chi connectivity index (χ1) is 8.47. The van der Waals surface area contributed by atoms with Gasteiger partial charge in [0.05, 0.1) is 6.10 Å². The zero-order chi connectivity index (χ0) is 13.3. The maximum Gasteiger partial charge on any atom is 0.326 e. The van der Waals surface area contributed by atoms with Crippen LogP contribution in [0.3, 0.4) is 0 Å². The van der Waals surface area contributed by atoms with E-state index < -0.39 is 18.1 Å². The molecule has 3 N–H and O–H groups in total. The second-order valence-electron chi connectivity index (χ2n) is 5.43. The van der Waals surface area contributed by atoms with Gasteiger partial charge in [0.1, 0.15) is 6.04 Å². The van der Waals surface area contributed by atoms with Crippen LogP contribution in [0.2, 0.25) is 0 Å². The lowest BCUT2D eigenvalue weighted by atomic mass is 10.1. The molecule has 1 aliphatic heterocycles. The molecule has 2 fully saturated rings. The normalized spacial score (nSPS) is 29.1. The molecule has 102 valence electrons. The summed E-state index contributed by atoms with van der Waals surface area (Å²) in [5.41, 5.74) is 0. The summed E-state index contributed by atoms with van der Waals surface area (Å²) in [4.78, 5) is 24.2. The Morgan fingerprint density at radius 1 is 1.44 bits per heavy atom. The Morgan fingerprint density at radius 2 is 2.11 bits per heavy atom. The number of likely N-dealkylation sites (tertiary alicyclic amines) is 1.